The zero-order chi connectivity index (χ0) is 18.9. The second-order valence-corrected chi connectivity index (χ2v) is 7.36. The Hall–Kier alpha value is -2.43. The molecule has 0 bridgehead atoms. The lowest BCUT2D eigenvalue weighted by molar-refractivity contribution is 0.0948. The number of aryl methyl sites for hydroxylation is 2. The average molecular weight is 367 g/mol. The van der Waals surface area contributed by atoms with Gasteiger partial charge in [-0.25, -0.2) is 9.97 Å². The fourth-order valence-corrected chi connectivity index (χ4v) is 3.62. The number of benzene rings is 1. The van der Waals surface area contributed by atoms with Crippen LogP contribution < -0.4 is 10.6 Å². The molecule has 1 aliphatic rings. The van der Waals surface area contributed by atoms with Crippen molar-refractivity contribution in [1.29, 1.82) is 0 Å². The molecule has 27 heavy (non-hydrogen) atoms. The Balaban J connectivity index is 1.52. The molecule has 1 saturated carbocycles. The molecule has 0 radical (unpaired) electrons. The summed E-state index contributed by atoms with van der Waals surface area (Å²) in [6.45, 7) is 2.48. The Morgan fingerprint density at radius 3 is 2.56 bits per heavy atom. The number of nitrogens with zero attached hydrogens (tertiary/aromatic N) is 2. The molecule has 1 aliphatic carbocycles. The highest BCUT2D eigenvalue weighted by molar-refractivity contribution is 5.92. The average Bonchev–Trinajstić information content (AvgIpc) is 2.94. The Labute approximate surface area is 162 Å². The van der Waals surface area contributed by atoms with Crippen molar-refractivity contribution in [3.8, 4) is 0 Å². The molecule has 0 saturated heterocycles. The number of carbonyl (C=O) groups excluding carboxylic acids is 1. The molecular formula is C22H30N4O. The summed E-state index contributed by atoms with van der Waals surface area (Å²) in [6.07, 6.45) is 9.36. The first-order chi connectivity index (χ1) is 13.2. The van der Waals surface area contributed by atoms with E-state index in [-0.39, 0.29) is 5.91 Å². The van der Waals surface area contributed by atoms with Gasteiger partial charge in [-0.1, -0.05) is 56.0 Å². The van der Waals surface area contributed by atoms with E-state index < -0.39 is 0 Å². The van der Waals surface area contributed by atoms with E-state index in [1.165, 1.54) is 44.1 Å². The molecule has 2 aromatic rings. The van der Waals surface area contributed by atoms with E-state index in [0.717, 1.165) is 18.7 Å². The predicted octanol–water partition coefficient (Wildman–Crippen LogP) is 4.28. The van der Waals surface area contributed by atoms with E-state index >= 15 is 0 Å². The third kappa shape index (κ3) is 6.35. The summed E-state index contributed by atoms with van der Waals surface area (Å²) in [6, 6.07) is 12.6. The summed E-state index contributed by atoms with van der Waals surface area (Å²) in [4.78, 5) is 21.3. The Bertz CT molecular complexity index is 724. The molecule has 0 atom stereocenters. The SMILES string of the molecule is Cc1nc(NC2CCCCCC2)cc(C(=O)NCCCc2ccccc2)n1. The lowest BCUT2D eigenvalue weighted by Gasteiger charge is -2.17. The highest BCUT2D eigenvalue weighted by Crippen LogP contribution is 2.20. The van der Waals surface area contributed by atoms with Gasteiger partial charge in [0.05, 0.1) is 0 Å². The number of anilines is 1. The van der Waals surface area contributed by atoms with Gasteiger partial charge in [0.15, 0.2) is 0 Å². The van der Waals surface area contributed by atoms with Crippen molar-refractivity contribution in [3.05, 3.63) is 53.5 Å². The molecule has 5 heteroatoms. The van der Waals surface area contributed by atoms with Gasteiger partial charge in [0.25, 0.3) is 5.91 Å². The van der Waals surface area contributed by atoms with Crippen LogP contribution in [0.2, 0.25) is 0 Å². The van der Waals surface area contributed by atoms with Crippen LogP contribution in [0.4, 0.5) is 5.82 Å². The number of carbonyl (C=O) groups is 1. The zero-order valence-corrected chi connectivity index (χ0v) is 16.2. The van der Waals surface area contributed by atoms with Crippen molar-refractivity contribution in [2.45, 2.75) is 64.3 Å². The predicted molar refractivity (Wildman–Crippen MR) is 109 cm³/mol. The molecule has 144 valence electrons. The van der Waals surface area contributed by atoms with E-state index in [2.05, 4.69) is 32.7 Å². The van der Waals surface area contributed by atoms with Gasteiger partial charge in [0.1, 0.15) is 17.3 Å². The van der Waals surface area contributed by atoms with Crippen LogP contribution in [0.25, 0.3) is 0 Å². The van der Waals surface area contributed by atoms with Gasteiger partial charge in [-0.2, -0.15) is 0 Å². The minimum absolute atomic E-state index is 0.127. The van der Waals surface area contributed by atoms with Gasteiger partial charge >= 0.3 is 0 Å². The van der Waals surface area contributed by atoms with Crippen molar-refractivity contribution < 1.29 is 4.79 Å². The zero-order valence-electron chi connectivity index (χ0n) is 16.2. The highest BCUT2D eigenvalue weighted by atomic mass is 16.1. The van der Waals surface area contributed by atoms with Gasteiger partial charge in [-0.05, 0) is 38.2 Å². The van der Waals surface area contributed by atoms with Crippen molar-refractivity contribution in [3.63, 3.8) is 0 Å². The Morgan fingerprint density at radius 2 is 1.81 bits per heavy atom. The third-order valence-electron chi connectivity index (χ3n) is 5.05. The number of amides is 1. The summed E-state index contributed by atoms with van der Waals surface area (Å²) in [5, 5.41) is 6.49. The maximum atomic E-state index is 12.5. The lowest BCUT2D eigenvalue weighted by atomic mass is 10.1. The number of aromatic nitrogens is 2. The number of rotatable bonds is 7. The molecule has 0 spiro atoms. The summed E-state index contributed by atoms with van der Waals surface area (Å²) in [5.74, 6) is 1.27. The molecular weight excluding hydrogens is 336 g/mol. The van der Waals surface area contributed by atoms with Gasteiger partial charge in [0.2, 0.25) is 0 Å². The molecule has 1 aromatic carbocycles. The summed E-state index contributed by atoms with van der Waals surface area (Å²) >= 11 is 0. The first kappa shape index (κ1) is 19.3. The molecule has 2 N–H and O–H groups in total. The number of hydrogen-bond donors (Lipinski definition) is 2. The van der Waals surface area contributed by atoms with Gasteiger partial charge in [-0.15, -0.1) is 0 Å². The second-order valence-electron chi connectivity index (χ2n) is 7.36. The smallest absolute Gasteiger partial charge is 0.270 e. The molecule has 1 fully saturated rings. The van der Waals surface area contributed by atoms with Crippen molar-refractivity contribution in [2.75, 3.05) is 11.9 Å². The fraction of sp³-hybridized carbons (Fsp3) is 0.500. The van der Waals surface area contributed by atoms with Crippen molar-refractivity contribution in [1.82, 2.24) is 15.3 Å². The van der Waals surface area contributed by atoms with Crippen LogP contribution in [0.1, 0.15) is 66.8 Å². The molecule has 1 amide bonds. The molecule has 0 unspecified atom stereocenters. The minimum atomic E-state index is -0.127. The van der Waals surface area contributed by atoms with Crippen molar-refractivity contribution >= 4 is 11.7 Å². The number of hydrogen-bond acceptors (Lipinski definition) is 4. The number of nitrogens with one attached hydrogen (secondary N) is 2. The van der Waals surface area contributed by atoms with Crippen LogP contribution in [-0.2, 0) is 6.42 Å². The minimum Gasteiger partial charge on any atom is -0.367 e. The van der Waals surface area contributed by atoms with Crippen LogP contribution in [0, 0.1) is 6.92 Å². The largest absolute Gasteiger partial charge is 0.367 e. The first-order valence-electron chi connectivity index (χ1n) is 10.1. The monoisotopic (exact) mass is 366 g/mol. The Kier molecular flexibility index (Phi) is 7.19. The lowest BCUT2D eigenvalue weighted by Crippen LogP contribution is -2.27. The normalized spacial score (nSPS) is 15.1. The summed E-state index contributed by atoms with van der Waals surface area (Å²) in [5.41, 5.74) is 1.73. The summed E-state index contributed by atoms with van der Waals surface area (Å²) in [7, 11) is 0. The second kappa shape index (κ2) is 10.0. The van der Waals surface area contributed by atoms with Gasteiger partial charge in [0, 0.05) is 18.7 Å². The van der Waals surface area contributed by atoms with E-state index in [4.69, 9.17) is 0 Å². The van der Waals surface area contributed by atoms with E-state index in [9.17, 15) is 4.79 Å². The van der Waals surface area contributed by atoms with Crippen LogP contribution in [0.5, 0.6) is 0 Å². The van der Waals surface area contributed by atoms with Crippen LogP contribution >= 0.6 is 0 Å². The van der Waals surface area contributed by atoms with Crippen molar-refractivity contribution in [2.24, 2.45) is 0 Å². The Morgan fingerprint density at radius 1 is 1.07 bits per heavy atom. The van der Waals surface area contributed by atoms with Crippen LogP contribution in [0.3, 0.4) is 0 Å². The molecule has 0 aliphatic heterocycles. The van der Waals surface area contributed by atoms with Crippen LogP contribution in [0.15, 0.2) is 36.4 Å². The van der Waals surface area contributed by atoms with E-state index in [0.29, 0.717) is 24.1 Å². The maximum Gasteiger partial charge on any atom is 0.270 e. The molecule has 5 nitrogen and oxygen atoms in total. The topological polar surface area (TPSA) is 66.9 Å². The first-order valence-corrected chi connectivity index (χ1v) is 10.1. The molecule has 1 aromatic heterocycles. The standard InChI is InChI=1S/C22H30N4O/c1-17-24-20(16-21(25-17)26-19-13-7-2-3-8-14-19)22(27)23-15-9-12-18-10-5-4-6-11-18/h4-6,10-11,16,19H,2-3,7-9,12-15H2,1H3,(H,23,27)(H,24,25,26). The van der Waals surface area contributed by atoms with Crippen LogP contribution in [-0.4, -0.2) is 28.5 Å². The maximum absolute atomic E-state index is 12.5. The molecule has 1 heterocycles. The molecule has 3 rings (SSSR count). The van der Waals surface area contributed by atoms with Gasteiger partial charge in [-0.3, -0.25) is 4.79 Å². The summed E-state index contributed by atoms with van der Waals surface area (Å²) < 4.78 is 0. The van der Waals surface area contributed by atoms with E-state index in [1.807, 2.05) is 25.1 Å². The van der Waals surface area contributed by atoms with E-state index in [1.54, 1.807) is 6.07 Å². The highest BCUT2D eigenvalue weighted by Gasteiger charge is 2.15. The van der Waals surface area contributed by atoms with Gasteiger partial charge < -0.3 is 10.6 Å². The quantitative estimate of drug-likeness (QED) is 0.567. The fourth-order valence-electron chi connectivity index (χ4n) is 3.62. The third-order valence-corrected chi connectivity index (χ3v) is 5.05.